The van der Waals surface area contributed by atoms with E-state index in [9.17, 15) is 0 Å². The van der Waals surface area contributed by atoms with E-state index in [0.717, 1.165) is 91.3 Å². The van der Waals surface area contributed by atoms with E-state index in [1.54, 1.807) is 6.20 Å². The van der Waals surface area contributed by atoms with Gasteiger partial charge in [-0.2, -0.15) is 0 Å². The van der Waals surface area contributed by atoms with Crippen molar-refractivity contribution in [2.24, 2.45) is 0 Å². The highest BCUT2D eigenvalue weighted by molar-refractivity contribution is 6.00. The first-order valence-electron chi connectivity index (χ1n) is 21.8. The first-order valence-corrected chi connectivity index (χ1v) is 21.8. The molecule has 3 heterocycles. The van der Waals surface area contributed by atoms with E-state index >= 15 is 0 Å². The Bertz CT molecular complexity index is 3090. The number of nitrogens with zero attached hydrogens (tertiary/aromatic N) is 4. The summed E-state index contributed by atoms with van der Waals surface area (Å²) in [5.41, 5.74) is 19.0. The van der Waals surface area contributed by atoms with E-state index in [1.165, 1.54) is 22.1 Å². The van der Waals surface area contributed by atoms with Gasteiger partial charge in [0.2, 0.25) is 0 Å². The van der Waals surface area contributed by atoms with Crippen molar-refractivity contribution >= 4 is 39.5 Å². The SMILES string of the molecule is C=C/C(=C\C=C(/C)N(c1ccc(-c2ccncc2)cc1)c1ccc(-c2ccc(C(=C)c3c(/C=C(\C)C4=CC=CCC4)c4ccccc4n3-c3ccccc3)cc2)cc1)c1cccnc1. The zero-order valence-electron chi connectivity index (χ0n) is 36.4. The number of allylic oxidation sites excluding steroid dienone is 10. The summed E-state index contributed by atoms with van der Waals surface area (Å²) in [4.78, 5) is 10.8. The van der Waals surface area contributed by atoms with Crippen LogP contribution in [0.2, 0.25) is 0 Å². The second-order valence-corrected chi connectivity index (χ2v) is 16.0. The summed E-state index contributed by atoms with van der Waals surface area (Å²) in [6.45, 7) is 13.3. The van der Waals surface area contributed by atoms with Gasteiger partial charge < -0.3 is 9.47 Å². The number of benzene rings is 5. The van der Waals surface area contributed by atoms with Crippen molar-refractivity contribution in [3.63, 3.8) is 0 Å². The Morgan fingerprint density at radius 1 is 0.641 bits per heavy atom. The van der Waals surface area contributed by atoms with Crippen molar-refractivity contribution in [1.29, 1.82) is 0 Å². The van der Waals surface area contributed by atoms with Gasteiger partial charge in [-0.1, -0.05) is 135 Å². The molecule has 0 bridgehead atoms. The fourth-order valence-electron chi connectivity index (χ4n) is 8.60. The van der Waals surface area contributed by atoms with E-state index < -0.39 is 0 Å². The van der Waals surface area contributed by atoms with Crippen LogP contribution in [0.5, 0.6) is 0 Å². The summed E-state index contributed by atoms with van der Waals surface area (Å²) in [5.74, 6) is 0. The number of aromatic nitrogens is 3. The predicted molar refractivity (Wildman–Crippen MR) is 271 cm³/mol. The van der Waals surface area contributed by atoms with Gasteiger partial charge in [-0.25, -0.2) is 0 Å². The van der Waals surface area contributed by atoms with E-state index in [1.807, 2.05) is 42.9 Å². The van der Waals surface area contributed by atoms with Gasteiger partial charge in [-0.05, 0) is 155 Å². The van der Waals surface area contributed by atoms with Crippen molar-refractivity contribution in [2.75, 3.05) is 4.90 Å². The summed E-state index contributed by atoms with van der Waals surface area (Å²) in [5, 5.41) is 1.21. The average molecular weight is 827 g/mol. The smallest absolute Gasteiger partial charge is 0.0613 e. The molecule has 64 heavy (non-hydrogen) atoms. The van der Waals surface area contributed by atoms with Gasteiger partial charge in [-0.3, -0.25) is 9.97 Å². The minimum atomic E-state index is 0.976. The van der Waals surface area contributed by atoms with Gasteiger partial charge in [0, 0.05) is 58.5 Å². The van der Waals surface area contributed by atoms with Gasteiger partial charge in [-0.15, -0.1) is 0 Å². The molecular weight excluding hydrogens is 777 g/mol. The van der Waals surface area contributed by atoms with Crippen LogP contribution in [-0.2, 0) is 0 Å². The van der Waals surface area contributed by atoms with Crippen LogP contribution in [0.4, 0.5) is 11.4 Å². The number of fused-ring (bicyclic) bond motifs is 1. The van der Waals surface area contributed by atoms with E-state index in [4.69, 9.17) is 6.58 Å². The lowest BCUT2D eigenvalue weighted by Gasteiger charge is -2.26. The minimum Gasteiger partial charge on any atom is -0.315 e. The van der Waals surface area contributed by atoms with Crippen LogP contribution >= 0.6 is 0 Å². The molecule has 0 N–H and O–H groups in total. The fraction of sp³-hybridized carbons (Fsp3) is 0.0667. The normalized spacial score (nSPS) is 13.2. The first kappa shape index (κ1) is 41.3. The second-order valence-electron chi connectivity index (χ2n) is 16.0. The number of rotatable bonds is 13. The monoisotopic (exact) mass is 826 g/mol. The molecule has 0 saturated carbocycles. The summed E-state index contributed by atoms with van der Waals surface area (Å²) in [6.07, 6.45) is 24.6. The highest BCUT2D eigenvalue weighted by Gasteiger charge is 2.21. The van der Waals surface area contributed by atoms with Crippen LogP contribution in [0.15, 0.2) is 243 Å². The minimum absolute atomic E-state index is 0.976. The topological polar surface area (TPSA) is 34.0 Å². The Kier molecular flexibility index (Phi) is 12.2. The van der Waals surface area contributed by atoms with Gasteiger partial charge >= 0.3 is 0 Å². The molecule has 9 rings (SSSR count). The quantitative estimate of drug-likeness (QED) is 0.109. The molecule has 0 fully saturated rings. The predicted octanol–water partition coefficient (Wildman–Crippen LogP) is 15.8. The Morgan fingerprint density at radius 3 is 1.91 bits per heavy atom. The average Bonchev–Trinajstić information content (AvgIpc) is 3.69. The lowest BCUT2D eigenvalue weighted by Crippen LogP contribution is -2.14. The van der Waals surface area contributed by atoms with Crippen LogP contribution in [0, 0.1) is 0 Å². The van der Waals surface area contributed by atoms with Crippen molar-refractivity contribution in [2.45, 2.75) is 26.7 Å². The zero-order chi connectivity index (χ0) is 43.8. The molecule has 1 aliphatic rings. The molecule has 5 aromatic carbocycles. The largest absolute Gasteiger partial charge is 0.315 e. The summed E-state index contributed by atoms with van der Waals surface area (Å²) >= 11 is 0. The second kappa shape index (κ2) is 18.9. The Morgan fingerprint density at radius 2 is 1.28 bits per heavy atom. The van der Waals surface area contributed by atoms with E-state index in [0.29, 0.717) is 0 Å². The molecule has 3 aromatic heterocycles. The van der Waals surface area contributed by atoms with Crippen LogP contribution in [0.3, 0.4) is 0 Å². The molecule has 8 aromatic rings. The molecule has 0 spiro atoms. The number of anilines is 2. The number of hydrogen-bond donors (Lipinski definition) is 0. The summed E-state index contributed by atoms with van der Waals surface area (Å²) in [7, 11) is 0. The number of para-hydroxylation sites is 2. The molecule has 0 unspecified atom stereocenters. The summed E-state index contributed by atoms with van der Waals surface area (Å²) < 4.78 is 2.38. The standard InChI is InChI=1S/C60H50N4/c1-5-46(53-17-14-38-62-42-53)23-22-44(3)63(56-34-30-51(31-35-56)52-36-39-61-40-37-52)55-32-28-50(29-33-55)49-26-24-48(25-27-49)45(4)60-58(41-43(2)47-15-8-6-9-16-47)57-20-12-13-21-59(57)64(60)54-18-10-7-11-19-54/h5-8,10-15,17-42H,1,4,9,16H2,2-3H3/b43-41+,44-22+,46-23+. The van der Waals surface area contributed by atoms with Crippen molar-refractivity contribution in [3.05, 3.63) is 265 Å². The maximum Gasteiger partial charge on any atom is 0.0613 e. The van der Waals surface area contributed by atoms with E-state index in [2.05, 4.69) is 210 Å². The Hall–Kier alpha value is -8.08. The van der Waals surface area contributed by atoms with Crippen molar-refractivity contribution in [1.82, 2.24) is 14.5 Å². The highest BCUT2D eigenvalue weighted by atomic mass is 15.1. The van der Waals surface area contributed by atoms with Crippen LogP contribution in [0.1, 0.15) is 49.1 Å². The molecule has 0 saturated heterocycles. The van der Waals surface area contributed by atoms with Gasteiger partial charge in [0.1, 0.15) is 0 Å². The zero-order valence-corrected chi connectivity index (χ0v) is 36.4. The molecule has 0 aliphatic heterocycles. The lowest BCUT2D eigenvalue weighted by atomic mass is 9.93. The molecule has 310 valence electrons. The van der Waals surface area contributed by atoms with Crippen LogP contribution in [0.25, 0.3) is 56.1 Å². The third-order valence-electron chi connectivity index (χ3n) is 12.0. The molecule has 0 amide bonds. The van der Waals surface area contributed by atoms with Crippen LogP contribution < -0.4 is 4.90 Å². The highest BCUT2D eigenvalue weighted by Crippen LogP contribution is 2.39. The number of pyridine rings is 2. The van der Waals surface area contributed by atoms with Crippen molar-refractivity contribution in [3.8, 4) is 27.9 Å². The Balaban J connectivity index is 1.05. The maximum atomic E-state index is 4.80. The number of hydrogen-bond acceptors (Lipinski definition) is 3. The third kappa shape index (κ3) is 8.68. The molecular formula is C60H50N4. The van der Waals surface area contributed by atoms with Crippen molar-refractivity contribution < 1.29 is 0 Å². The lowest BCUT2D eigenvalue weighted by molar-refractivity contribution is 0.971. The molecule has 1 aliphatic carbocycles. The third-order valence-corrected chi connectivity index (χ3v) is 12.0. The first-order chi connectivity index (χ1) is 31.5. The van der Waals surface area contributed by atoms with E-state index in [-0.39, 0.29) is 0 Å². The van der Waals surface area contributed by atoms with Gasteiger partial charge in [0.15, 0.2) is 0 Å². The Labute approximate surface area is 377 Å². The molecule has 0 radical (unpaired) electrons. The van der Waals surface area contributed by atoms with Gasteiger partial charge in [0.25, 0.3) is 0 Å². The fourth-order valence-corrected chi connectivity index (χ4v) is 8.60. The molecule has 4 nitrogen and oxygen atoms in total. The summed E-state index contributed by atoms with van der Waals surface area (Å²) in [6, 6.07) is 53.8. The molecule has 4 heteroatoms. The van der Waals surface area contributed by atoms with Gasteiger partial charge in [0.05, 0.1) is 11.2 Å². The van der Waals surface area contributed by atoms with Crippen LogP contribution in [-0.4, -0.2) is 14.5 Å². The maximum absolute atomic E-state index is 4.80. The molecule has 0 atom stereocenters.